The Hall–Kier alpha value is -1.79. The largest absolute Gasteiger partial charge is 0.358 e. The molecule has 0 unspecified atom stereocenters. The third-order valence-electron chi connectivity index (χ3n) is 4.79. The predicted molar refractivity (Wildman–Crippen MR) is 97.3 cm³/mol. The molecule has 0 saturated carbocycles. The normalized spacial score (nSPS) is 20.1. The molecule has 0 bridgehead atoms. The minimum Gasteiger partial charge on any atom is -0.358 e. The standard InChI is InChI=1S/C18H22N4OS/c1-12(13-7-5-4-6-8-13)21-9-14-15(19-11-21)22-10-18(2,3)24-17(22)20-16(14)23/h4-8,12,19H,9-11H2,1-3H3/t12-/m0/s1. The number of hydrogen-bond acceptors (Lipinski definition) is 5. The van der Waals surface area contributed by atoms with Crippen molar-refractivity contribution in [1.29, 1.82) is 0 Å². The van der Waals surface area contributed by atoms with E-state index in [1.807, 2.05) is 6.07 Å². The Balaban J connectivity index is 1.66. The molecular formula is C18H22N4OS. The SMILES string of the molecule is C[C@@H](c1ccccc1)N1CNc2c(c(=O)nc3n2CC(C)(C)S3)C1. The fourth-order valence-electron chi connectivity index (χ4n) is 3.46. The van der Waals surface area contributed by atoms with E-state index in [4.69, 9.17) is 0 Å². The van der Waals surface area contributed by atoms with E-state index < -0.39 is 0 Å². The molecule has 1 aromatic carbocycles. The lowest BCUT2D eigenvalue weighted by atomic mass is 10.1. The monoisotopic (exact) mass is 342 g/mol. The predicted octanol–water partition coefficient (Wildman–Crippen LogP) is 3.07. The highest BCUT2D eigenvalue weighted by Crippen LogP contribution is 2.41. The maximum Gasteiger partial charge on any atom is 0.280 e. The fraction of sp³-hybridized carbons (Fsp3) is 0.444. The lowest BCUT2D eigenvalue weighted by Crippen LogP contribution is -2.40. The van der Waals surface area contributed by atoms with Crippen LogP contribution in [0.1, 0.15) is 37.9 Å². The van der Waals surface area contributed by atoms with Gasteiger partial charge in [0.05, 0.1) is 12.2 Å². The summed E-state index contributed by atoms with van der Waals surface area (Å²) < 4.78 is 2.25. The van der Waals surface area contributed by atoms with Gasteiger partial charge in [-0.05, 0) is 26.3 Å². The molecule has 1 aromatic heterocycles. The summed E-state index contributed by atoms with van der Waals surface area (Å²) >= 11 is 1.68. The maximum absolute atomic E-state index is 12.5. The summed E-state index contributed by atoms with van der Waals surface area (Å²) in [7, 11) is 0. The van der Waals surface area contributed by atoms with Crippen molar-refractivity contribution in [2.75, 3.05) is 12.0 Å². The summed E-state index contributed by atoms with van der Waals surface area (Å²) in [4.78, 5) is 19.1. The van der Waals surface area contributed by atoms with Crippen LogP contribution in [0.15, 0.2) is 40.3 Å². The van der Waals surface area contributed by atoms with Gasteiger partial charge in [0.2, 0.25) is 0 Å². The molecule has 24 heavy (non-hydrogen) atoms. The van der Waals surface area contributed by atoms with E-state index in [0.717, 1.165) is 29.8 Å². The highest BCUT2D eigenvalue weighted by atomic mass is 32.2. The van der Waals surface area contributed by atoms with Gasteiger partial charge < -0.3 is 9.88 Å². The molecule has 3 heterocycles. The molecule has 0 amide bonds. The number of hydrogen-bond donors (Lipinski definition) is 1. The van der Waals surface area contributed by atoms with Crippen LogP contribution in [0.5, 0.6) is 0 Å². The maximum atomic E-state index is 12.5. The first-order chi connectivity index (χ1) is 11.4. The molecule has 4 rings (SSSR count). The topological polar surface area (TPSA) is 50.2 Å². The molecule has 6 heteroatoms. The Morgan fingerprint density at radius 1 is 1.29 bits per heavy atom. The second kappa shape index (κ2) is 5.63. The summed E-state index contributed by atoms with van der Waals surface area (Å²) in [6, 6.07) is 10.6. The zero-order chi connectivity index (χ0) is 16.9. The van der Waals surface area contributed by atoms with Gasteiger partial charge >= 0.3 is 0 Å². The molecule has 0 fully saturated rings. The number of thioether (sulfide) groups is 1. The third-order valence-corrected chi connectivity index (χ3v) is 5.96. The average Bonchev–Trinajstić information content (AvgIpc) is 2.89. The van der Waals surface area contributed by atoms with Gasteiger partial charge in [0, 0.05) is 23.9 Å². The minimum atomic E-state index is -0.0982. The van der Waals surface area contributed by atoms with Crippen molar-refractivity contribution in [3.63, 3.8) is 0 Å². The van der Waals surface area contributed by atoms with E-state index in [-0.39, 0.29) is 16.3 Å². The van der Waals surface area contributed by atoms with Crippen LogP contribution in [-0.2, 0) is 13.1 Å². The van der Waals surface area contributed by atoms with Crippen molar-refractivity contribution in [2.24, 2.45) is 0 Å². The smallest absolute Gasteiger partial charge is 0.280 e. The lowest BCUT2D eigenvalue weighted by molar-refractivity contribution is 0.206. The van der Waals surface area contributed by atoms with Gasteiger partial charge in [0.1, 0.15) is 5.82 Å². The van der Waals surface area contributed by atoms with Crippen LogP contribution >= 0.6 is 11.8 Å². The number of aromatic nitrogens is 2. The number of nitrogens with zero attached hydrogens (tertiary/aromatic N) is 3. The van der Waals surface area contributed by atoms with E-state index in [1.165, 1.54) is 5.56 Å². The van der Waals surface area contributed by atoms with Crippen molar-refractivity contribution in [2.45, 2.75) is 49.8 Å². The quantitative estimate of drug-likeness (QED) is 0.850. The minimum absolute atomic E-state index is 0.0811. The van der Waals surface area contributed by atoms with Crippen LogP contribution in [0, 0.1) is 0 Å². The van der Waals surface area contributed by atoms with Crippen molar-refractivity contribution in [1.82, 2.24) is 14.5 Å². The van der Waals surface area contributed by atoms with Crippen LogP contribution in [0.2, 0.25) is 0 Å². The highest BCUT2D eigenvalue weighted by molar-refractivity contribution is 8.00. The second-order valence-electron chi connectivity index (χ2n) is 7.14. The summed E-state index contributed by atoms with van der Waals surface area (Å²) in [6.07, 6.45) is 0. The third kappa shape index (κ3) is 2.63. The molecule has 2 aliphatic rings. The summed E-state index contributed by atoms with van der Waals surface area (Å²) in [5, 5.41) is 4.31. The van der Waals surface area contributed by atoms with Gasteiger partial charge in [-0.3, -0.25) is 9.69 Å². The first-order valence-corrected chi connectivity index (χ1v) is 9.12. The molecule has 5 nitrogen and oxygen atoms in total. The van der Waals surface area contributed by atoms with Crippen molar-refractivity contribution in [3.05, 3.63) is 51.8 Å². The Kier molecular flexibility index (Phi) is 3.69. The summed E-state index contributed by atoms with van der Waals surface area (Å²) in [6.45, 7) is 8.81. The van der Waals surface area contributed by atoms with Crippen LogP contribution in [0.4, 0.5) is 5.82 Å². The first kappa shape index (κ1) is 15.7. The zero-order valence-corrected chi connectivity index (χ0v) is 15.1. The van der Waals surface area contributed by atoms with Gasteiger partial charge in [-0.25, -0.2) is 0 Å². The van der Waals surface area contributed by atoms with Gasteiger partial charge in [-0.1, -0.05) is 42.1 Å². The number of rotatable bonds is 2. The van der Waals surface area contributed by atoms with Crippen molar-refractivity contribution in [3.8, 4) is 0 Å². The van der Waals surface area contributed by atoms with Crippen LogP contribution in [0.25, 0.3) is 0 Å². The number of benzene rings is 1. The fourth-order valence-corrected chi connectivity index (χ4v) is 4.54. The molecule has 126 valence electrons. The number of nitrogens with one attached hydrogen (secondary N) is 1. The molecule has 1 N–H and O–H groups in total. The first-order valence-electron chi connectivity index (χ1n) is 8.30. The summed E-state index contributed by atoms with van der Waals surface area (Å²) in [5.41, 5.74) is 1.94. The Morgan fingerprint density at radius 2 is 2.04 bits per heavy atom. The highest BCUT2D eigenvalue weighted by Gasteiger charge is 2.35. The molecule has 2 aromatic rings. The number of anilines is 1. The van der Waals surface area contributed by atoms with E-state index in [9.17, 15) is 4.79 Å². The van der Waals surface area contributed by atoms with Crippen LogP contribution < -0.4 is 10.9 Å². The van der Waals surface area contributed by atoms with Crippen molar-refractivity contribution >= 4 is 17.6 Å². The Bertz CT molecular complexity index is 831. The number of fused-ring (bicyclic) bond motifs is 3. The summed E-state index contributed by atoms with van der Waals surface area (Å²) in [5.74, 6) is 0.958. The van der Waals surface area contributed by atoms with E-state index in [0.29, 0.717) is 6.54 Å². The molecule has 1 atom stereocenters. The van der Waals surface area contributed by atoms with Gasteiger partial charge in [0.25, 0.3) is 5.56 Å². The zero-order valence-electron chi connectivity index (χ0n) is 14.2. The van der Waals surface area contributed by atoms with E-state index >= 15 is 0 Å². The molecular weight excluding hydrogens is 320 g/mol. The van der Waals surface area contributed by atoms with E-state index in [1.54, 1.807) is 11.8 Å². The van der Waals surface area contributed by atoms with E-state index in [2.05, 4.69) is 64.8 Å². The lowest BCUT2D eigenvalue weighted by Gasteiger charge is -2.35. The van der Waals surface area contributed by atoms with Crippen LogP contribution in [-0.4, -0.2) is 25.9 Å². The van der Waals surface area contributed by atoms with Gasteiger partial charge in [-0.15, -0.1) is 0 Å². The molecule has 0 radical (unpaired) electrons. The molecule has 0 spiro atoms. The Labute approximate surface area is 146 Å². The Morgan fingerprint density at radius 3 is 2.79 bits per heavy atom. The molecule has 2 aliphatic heterocycles. The molecule has 0 saturated heterocycles. The van der Waals surface area contributed by atoms with Gasteiger partial charge in [0.15, 0.2) is 5.16 Å². The van der Waals surface area contributed by atoms with Crippen molar-refractivity contribution < 1.29 is 0 Å². The average molecular weight is 342 g/mol. The second-order valence-corrected chi connectivity index (χ2v) is 8.82. The van der Waals surface area contributed by atoms with Crippen LogP contribution in [0.3, 0.4) is 0 Å². The van der Waals surface area contributed by atoms with Gasteiger partial charge in [-0.2, -0.15) is 4.98 Å². The molecule has 0 aliphatic carbocycles.